The van der Waals surface area contributed by atoms with E-state index in [4.69, 9.17) is 0 Å². The van der Waals surface area contributed by atoms with Gasteiger partial charge in [0.15, 0.2) is 0 Å². The van der Waals surface area contributed by atoms with Crippen molar-refractivity contribution in [2.45, 2.75) is 58.5 Å². The van der Waals surface area contributed by atoms with Crippen molar-refractivity contribution in [1.82, 2.24) is 15.1 Å². The maximum Gasteiger partial charge on any atom is 0.0223 e. The SMILES string of the molecule is CCN1CCCC1CN(C)CCCCNC(C)C. The summed E-state index contributed by atoms with van der Waals surface area (Å²) < 4.78 is 0. The van der Waals surface area contributed by atoms with Gasteiger partial charge in [0.25, 0.3) is 0 Å². The lowest BCUT2D eigenvalue weighted by atomic mass is 10.2. The van der Waals surface area contributed by atoms with Crippen LogP contribution in [0.2, 0.25) is 0 Å². The van der Waals surface area contributed by atoms with E-state index in [1.54, 1.807) is 0 Å². The zero-order chi connectivity index (χ0) is 13.4. The van der Waals surface area contributed by atoms with Crippen molar-refractivity contribution < 1.29 is 0 Å². The predicted molar refractivity (Wildman–Crippen MR) is 80.1 cm³/mol. The fourth-order valence-corrected chi connectivity index (χ4v) is 2.87. The van der Waals surface area contributed by atoms with Crippen molar-refractivity contribution in [3.63, 3.8) is 0 Å². The first-order chi connectivity index (χ1) is 8.63. The molecule has 0 spiro atoms. The van der Waals surface area contributed by atoms with Gasteiger partial charge in [-0.05, 0) is 58.9 Å². The maximum absolute atomic E-state index is 3.48. The van der Waals surface area contributed by atoms with Gasteiger partial charge in [-0.15, -0.1) is 0 Å². The van der Waals surface area contributed by atoms with Crippen LogP contribution in [0, 0.1) is 0 Å². The van der Waals surface area contributed by atoms with Gasteiger partial charge >= 0.3 is 0 Å². The number of nitrogens with one attached hydrogen (secondary N) is 1. The summed E-state index contributed by atoms with van der Waals surface area (Å²) in [6.07, 6.45) is 5.40. The van der Waals surface area contributed by atoms with Crippen LogP contribution in [0.1, 0.15) is 46.5 Å². The van der Waals surface area contributed by atoms with Crippen LogP contribution in [0.3, 0.4) is 0 Å². The molecule has 1 rings (SSSR count). The Bertz CT molecular complexity index is 206. The molecule has 0 aromatic heterocycles. The topological polar surface area (TPSA) is 18.5 Å². The first-order valence-electron chi connectivity index (χ1n) is 7.79. The highest BCUT2D eigenvalue weighted by molar-refractivity contribution is 4.80. The molecule has 3 nitrogen and oxygen atoms in total. The summed E-state index contributed by atoms with van der Waals surface area (Å²) >= 11 is 0. The molecule has 1 saturated heterocycles. The Hall–Kier alpha value is -0.120. The van der Waals surface area contributed by atoms with Crippen LogP contribution in [0.25, 0.3) is 0 Å². The van der Waals surface area contributed by atoms with Crippen LogP contribution in [0.4, 0.5) is 0 Å². The van der Waals surface area contributed by atoms with Crippen molar-refractivity contribution in [3.05, 3.63) is 0 Å². The molecule has 0 saturated carbocycles. The van der Waals surface area contributed by atoms with E-state index < -0.39 is 0 Å². The van der Waals surface area contributed by atoms with Crippen LogP contribution in [-0.4, -0.2) is 61.7 Å². The molecule has 0 bridgehead atoms. The van der Waals surface area contributed by atoms with Crippen molar-refractivity contribution in [2.24, 2.45) is 0 Å². The Balaban J connectivity index is 2.04. The van der Waals surface area contributed by atoms with E-state index in [0.717, 1.165) is 12.6 Å². The van der Waals surface area contributed by atoms with Crippen molar-refractivity contribution in [2.75, 3.05) is 39.8 Å². The van der Waals surface area contributed by atoms with E-state index in [9.17, 15) is 0 Å². The Morgan fingerprint density at radius 2 is 2.11 bits per heavy atom. The van der Waals surface area contributed by atoms with Crippen molar-refractivity contribution in [1.29, 1.82) is 0 Å². The second kappa shape index (κ2) is 8.89. The molecule has 108 valence electrons. The van der Waals surface area contributed by atoms with E-state index in [1.807, 2.05) is 0 Å². The van der Waals surface area contributed by atoms with Crippen LogP contribution < -0.4 is 5.32 Å². The minimum atomic E-state index is 0.624. The zero-order valence-electron chi connectivity index (χ0n) is 12.9. The molecule has 1 heterocycles. The molecule has 18 heavy (non-hydrogen) atoms. The molecule has 0 aliphatic carbocycles. The summed E-state index contributed by atoms with van der Waals surface area (Å²) in [4.78, 5) is 5.16. The molecule has 1 N–H and O–H groups in total. The van der Waals surface area contributed by atoms with Crippen LogP contribution in [0.15, 0.2) is 0 Å². The van der Waals surface area contributed by atoms with E-state index in [0.29, 0.717) is 6.04 Å². The molecule has 1 aliphatic heterocycles. The van der Waals surface area contributed by atoms with E-state index in [2.05, 4.69) is 42.9 Å². The normalized spacial score (nSPS) is 21.3. The monoisotopic (exact) mass is 255 g/mol. The minimum Gasteiger partial charge on any atom is -0.315 e. The van der Waals surface area contributed by atoms with Gasteiger partial charge < -0.3 is 10.2 Å². The summed E-state index contributed by atoms with van der Waals surface area (Å²) in [5, 5.41) is 3.48. The molecule has 1 aliphatic rings. The van der Waals surface area contributed by atoms with Crippen molar-refractivity contribution in [3.8, 4) is 0 Å². The van der Waals surface area contributed by atoms with Gasteiger partial charge in [-0.1, -0.05) is 20.8 Å². The Labute approximate surface area is 114 Å². The lowest BCUT2D eigenvalue weighted by Crippen LogP contribution is -2.39. The molecule has 0 radical (unpaired) electrons. The third-order valence-corrected chi connectivity index (χ3v) is 3.95. The smallest absolute Gasteiger partial charge is 0.0223 e. The van der Waals surface area contributed by atoms with Gasteiger partial charge in [-0.2, -0.15) is 0 Å². The number of rotatable bonds is 9. The van der Waals surface area contributed by atoms with Crippen LogP contribution in [-0.2, 0) is 0 Å². The van der Waals surface area contributed by atoms with E-state index in [-0.39, 0.29) is 0 Å². The summed E-state index contributed by atoms with van der Waals surface area (Å²) in [6.45, 7) is 12.9. The fourth-order valence-electron chi connectivity index (χ4n) is 2.87. The van der Waals surface area contributed by atoms with Gasteiger partial charge in [0.1, 0.15) is 0 Å². The standard InChI is InChI=1S/C15H33N3/c1-5-18-12-8-9-15(18)13-17(4)11-7-6-10-16-14(2)3/h14-16H,5-13H2,1-4H3. The van der Waals surface area contributed by atoms with Gasteiger partial charge in [-0.25, -0.2) is 0 Å². The van der Waals surface area contributed by atoms with Crippen molar-refractivity contribution >= 4 is 0 Å². The molecule has 1 atom stereocenters. The number of hydrogen-bond donors (Lipinski definition) is 1. The second-order valence-corrected chi connectivity index (χ2v) is 6.00. The molecule has 3 heteroatoms. The number of unbranched alkanes of at least 4 members (excludes halogenated alkanes) is 1. The first kappa shape index (κ1) is 15.9. The maximum atomic E-state index is 3.48. The summed E-state index contributed by atoms with van der Waals surface area (Å²) in [5.41, 5.74) is 0. The highest BCUT2D eigenvalue weighted by Crippen LogP contribution is 2.17. The van der Waals surface area contributed by atoms with E-state index in [1.165, 1.54) is 51.9 Å². The third kappa shape index (κ3) is 6.17. The molecule has 0 aromatic rings. The Morgan fingerprint density at radius 3 is 2.78 bits per heavy atom. The quantitative estimate of drug-likeness (QED) is 0.637. The van der Waals surface area contributed by atoms with Crippen LogP contribution >= 0.6 is 0 Å². The number of likely N-dealkylation sites (N-methyl/N-ethyl adjacent to an activating group) is 2. The minimum absolute atomic E-state index is 0.624. The van der Waals surface area contributed by atoms with Gasteiger partial charge in [0.05, 0.1) is 0 Å². The summed E-state index contributed by atoms with van der Waals surface area (Å²) in [7, 11) is 2.28. The van der Waals surface area contributed by atoms with E-state index >= 15 is 0 Å². The lowest BCUT2D eigenvalue weighted by molar-refractivity contribution is 0.197. The number of likely N-dealkylation sites (tertiary alicyclic amines) is 1. The average molecular weight is 255 g/mol. The Kier molecular flexibility index (Phi) is 7.87. The largest absolute Gasteiger partial charge is 0.315 e. The zero-order valence-corrected chi connectivity index (χ0v) is 12.9. The lowest BCUT2D eigenvalue weighted by Gasteiger charge is -2.27. The molecule has 0 amide bonds. The Morgan fingerprint density at radius 1 is 1.33 bits per heavy atom. The predicted octanol–water partition coefficient (Wildman–Crippen LogP) is 2.18. The fraction of sp³-hybridized carbons (Fsp3) is 1.00. The molecular weight excluding hydrogens is 222 g/mol. The molecule has 0 aromatic carbocycles. The van der Waals surface area contributed by atoms with Gasteiger partial charge in [0.2, 0.25) is 0 Å². The van der Waals surface area contributed by atoms with Crippen LogP contribution in [0.5, 0.6) is 0 Å². The first-order valence-corrected chi connectivity index (χ1v) is 7.79. The third-order valence-electron chi connectivity index (χ3n) is 3.95. The van der Waals surface area contributed by atoms with Gasteiger partial charge in [-0.3, -0.25) is 4.90 Å². The molecule has 1 unspecified atom stereocenters. The second-order valence-electron chi connectivity index (χ2n) is 6.00. The highest BCUT2D eigenvalue weighted by Gasteiger charge is 2.23. The summed E-state index contributed by atoms with van der Waals surface area (Å²) in [5.74, 6) is 0. The van der Waals surface area contributed by atoms with Gasteiger partial charge in [0, 0.05) is 18.6 Å². The molecule has 1 fully saturated rings. The number of nitrogens with zero attached hydrogens (tertiary/aromatic N) is 2. The number of hydrogen-bond acceptors (Lipinski definition) is 3. The molecular formula is C15H33N3. The highest BCUT2D eigenvalue weighted by atomic mass is 15.2. The average Bonchev–Trinajstić information content (AvgIpc) is 2.75. The summed E-state index contributed by atoms with van der Waals surface area (Å²) in [6, 6.07) is 1.44.